The van der Waals surface area contributed by atoms with Gasteiger partial charge in [0.05, 0.1) is 21.6 Å². The van der Waals surface area contributed by atoms with Crippen LogP contribution >= 0.6 is 0 Å². The van der Waals surface area contributed by atoms with Gasteiger partial charge in [0, 0.05) is 33.7 Å². The average Bonchev–Trinajstić information content (AvgIpc) is 2.70. The Morgan fingerprint density at radius 2 is 1.50 bits per heavy atom. The molecule has 0 bridgehead atoms. The molecule has 7 heteroatoms. The van der Waals surface area contributed by atoms with Crippen LogP contribution in [0.3, 0.4) is 0 Å². The third-order valence-electron chi connectivity index (χ3n) is 7.09. The normalized spacial score (nSPS) is 15.3. The lowest BCUT2D eigenvalue weighted by molar-refractivity contribution is 0.408. The lowest BCUT2D eigenvalue weighted by atomic mass is 9.72. The number of hydrogen-bond acceptors (Lipinski definition) is 7. The van der Waals surface area contributed by atoms with Gasteiger partial charge in [-0.25, -0.2) is 0 Å². The number of benzene rings is 4. The Hall–Kier alpha value is -3.58. The molecule has 0 saturated carbocycles. The molecule has 1 aliphatic carbocycles. The quantitative estimate of drug-likeness (QED) is 0.229. The number of aromatic hydroxyl groups is 3. The Morgan fingerprint density at radius 3 is 2.12 bits per heavy atom. The van der Waals surface area contributed by atoms with Crippen molar-refractivity contribution in [1.82, 2.24) is 5.32 Å². The highest BCUT2D eigenvalue weighted by atomic mass is 16.3. The van der Waals surface area contributed by atoms with E-state index in [2.05, 4.69) is 5.32 Å². The van der Waals surface area contributed by atoms with E-state index < -0.39 is 27.8 Å². The molecule has 7 nitrogen and oxygen atoms in total. The highest BCUT2D eigenvalue weighted by molar-refractivity contribution is 6.29. The number of aliphatic hydroxyl groups excluding tert-OH is 1. The first kappa shape index (κ1) is 22.2. The van der Waals surface area contributed by atoms with Gasteiger partial charge in [-0.2, -0.15) is 0 Å². The molecule has 0 spiro atoms. The Labute approximate surface area is 194 Å². The van der Waals surface area contributed by atoms with Crippen LogP contribution in [0.2, 0.25) is 0 Å². The summed E-state index contributed by atoms with van der Waals surface area (Å²) < 4.78 is 0. The van der Waals surface area contributed by atoms with Crippen molar-refractivity contribution in [2.75, 3.05) is 0 Å². The van der Waals surface area contributed by atoms with Gasteiger partial charge in [0.2, 0.25) is 0 Å². The highest BCUT2D eigenvalue weighted by Gasteiger charge is 2.38. The topological polar surface area (TPSA) is 127 Å². The van der Waals surface area contributed by atoms with Gasteiger partial charge in [-0.15, -0.1) is 0 Å². The molecule has 0 aromatic heterocycles. The van der Waals surface area contributed by atoms with Crippen molar-refractivity contribution in [2.45, 2.75) is 59.0 Å². The number of phenolic OH excluding ortho intramolecular Hbond substituents is 3. The number of hydrogen-bond donors (Lipinski definition) is 5. The van der Waals surface area contributed by atoms with Crippen molar-refractivity contribution in [1.29, 1.82) is 0 Å². The number of aliphatic hydroxyl groups is 1. The number of rotatable bonds is 2. The zero-order valence-corrected chi connectivity index (χ0v) is 20.0. The lowest BCUT2D eigenvalue weighted by Crippen LogP contribution is -2.42. The summed E-state index contributed by atoms with van der Waals surface area (Å²) in [6, 6.07) is 2.87. The van der Waals surface area contributed by atoms with Crippen molar-refractivity contribution in [2.24, 2.45) is 0 Å². The second-order valence-electron chi connectivity index (χ2n) is 10.8. The van der Waals surface area contributed by atoms with Crippen LogP contribution in [0, 0.1) is 6.92 Å². The summed E-state index contributed by atoms with van der Waals surface area (Å²) in [7, 11) is 0. The minimum atomic E-state index is -1.08. The van der Waals surface area contributed by atoms with E-state index in [9.17, 15) is 30.0 Å². The molecule has 0 saturated heterocycles. The minimum absolute atomic E-state index is 0.000872. The minimum Gasteiger partial charge on any atom is -0.511 e. The monoisotopic (exact) mass is 461 g/mol. The number of phenols is 3. The van der Waals surface area contributed by atoms with E-state index in [4.69, 9.17) is 0 Å². The van der Waals surface area contributed by atoms with Crippen molar-refractivity contribution in [3.05, 3.63) is 54.5 Å². The third kappa shape index (κ3) is 2.61. The van der Waals surface area contributed by atoms with Gasteiger partial charge in [0.15, 0.2) is 10.9 Å². The van der Waals surface area contributed by atoms with Crippen molar-refractivity contribution in [3.63, 3.8) is 0 Å². The van der Waals surface area contributed by atoms with Crippen molar-refractivity contribution >= 4 is 38.1 Å². The van der Waals surface area contributed by atoms with Crippen LogP contribution in [-0.4, -0.2) is 26.0 Å². The van der Waals surface area contributed by atoms with Crippen LogP contribution in [-0.2, 0) is 12.0 Å². The summed E-state index contributed by atoms with van der Waals surface area (Å²) in [4.78, 5) is 26.8. The molecule has 34 heavy (non-hydrogen) atoms. The van der Waals surface area contributed by atoms with E-state index in [1.54, 1.807) is 20.8 Å². The summed E-state index contributed by atoms with van der Waals surface area (Å²) in [6.45, 7) is 10.9. The fourth-order valence-corrected chi connectivity index (χ4v) is 5.33. The molecule has 0 amide bonds. The van der Waals surface area contributed by atoms with Crippen LogP contribution in [0.5, 0.6) is 17.2 Å². The van der Waals surface area contributed by atoms with E-state index >= 15 is 0 Å². The molecule has 0 heterocycles. The molecule has 4 aromatic carbocycles. The van der Waals surface area contributed by atoms with Gasteiger partial charge in [-0.05, 0) is 70.2 Å². The molecule has 5 rings (SSSR count). The smallest absolute Gasteiger partial charge is 0.198 e. The SMILES string of the molecule is Cc1cc(=O)c2c(O)c3c(O)c(CNC(C)(C)C)c(=O)c4c3c3c(cc(O)c1c23)C(C)(C)C=4O. The van der Waals surface area contributed by atoms with Gasteiger partial charge in [0.1, 0.15) is 23.0 Å². The highest BCUT2D eigenvalue weighted by Crippen LogP contribution is 2.51. The zero-order chi connectivity index (χ0) is 25.1. The maximum atomic E-state index is 13.7. The van der Waals surface area contributed by atoms with Crippen LogP contribution in [0.4, 0.5) is 0 Å². The summed E-state index contributed by atoms with van der Waals surface area (Å²) in [6.07, 6.45) is 0. The van der Waals surface area contributed by atoms with Gasteiger partial charge < -0.3 is 25.7 Å². The first-order chi connectivity index (χ1) is 15.7. The van der Waals surface area contributed by atoms with Crippen molar-refractivity contribution < 1.29 is 20.4 Å². The Morgan fingerprint density at radius 1 is 0.853 bits per heavy atom. The predicted molar refractivity (Wildman–Crippen MR) is 133 cm³/mol. The van der Waals surface area contributed by atoms with Crippen LogP contribution in [0.15, 0.2) is 21.7 Å². The molecule has 4 aromatic rings. The maximum Gasteiger partial charge on any atom is 0.198 e. The summed E-state index contributed by atoms with van der Waals surface area (Å²) in [5.74, 6) is -1.21. The molecule has 5 N–H and O–H groups in total. The lowest BCUT2D eigenvalue weighted by Gasteiger charge is -2.32. The largest absolute Gasteiger partial charge is 0.511 e. The standard InChI is InChI=1S/C27H27NO6/c1-10-7-13(29)17-18-15(10)14(30)8-12-16(18)19-20(24(17)33)22(31)11(9-28-26(2,3)4)23(32)21(19)25(34)27(12,5)6/h7-8,28,30-31,33-34H,9H2,1-6H3. The number of nitrogens with one attached hydrogen (secondary N) is 1. The van der Waals surface area contributed by atoms with Crippen LogP contribution in [0.25, 0.3) is 38.1 Å². The predicted octanol–water partition coefficient (Wildman–Crippen LogP) is 3.29. The van der Waals surface area contributed by atoms with Gasteiger partial charge in [-0.1, -0.05) is 0 Å². The van der Waals surface area contributed by atoms with Crippen LogP contribution in [0.1, 0.15) is 51.3 Å². The molecule has 1 aliphatic rings. The van der Waals surface area contributed by atoms with E-state index in [0.717, 1.165) is 0 Å². The average molecular weight is 462 g/mol. The summed E-state index contributed by atoms with van der Waals surface area (Å²) >= 11 is 0. The molecular formula is C27H27NO6. The van der Waals surface area contributed by atoms with E-state index in [1.807, 2.05) is 20.8 Å². The zero-order valence-electron chi connectivity index (χ0n) is 20.0. The van der Waals surface area contributed by atoms with Gasteiger partial charge in [0.25, 0.3) is 0 Å². The Bertz CT molecular complexity index is 1750. The first-order valence-corrected chi connectivity index (χ1v) is 11.2. The Balaban J connectivity index is 2.18. The molecule has 0 fully saturated rings. The molecule has 176 valence electrons. The van der Waals surface area contributed by atoms with E-state index in [0.29, 0.717) is 27.3 Å². The molecule has 0 unspecified atom stereocenters. The summed E-state index contributed by atoms with van der Waals surface area (Å²) in [5, 5.41) is 49.3. The first-order valence-electron chi connectivity index (χ1n) is 11.2. The van der Waals surface area contributed by atoms with E-state index in [1.165, 1.54) is 12.1 Å². The third-order valence-corrected chi connectivity index (χ3v) is 7.09. The van der Waals surface area contributed by atoms with Crippen molar-refractivity contribution in [3.8, 4) is 17.2 Å². The van der Waals surface area contributed by atoms with E-state index in [-0.39, 0.29) is 50.5 Å². The second-order valence-corrected chi connectivity index (χ2v) is 10.8. The fraction of sp³-hybridized carbons (Fsp3) is 0.333. The molecular weight excluding hydrogens is 434 g/mol. The van der Waals surface area contributed by atoms with Gasteiger partial charge in [-0.3, -0.25) is 9.59 Å². The molecule has 0 aliphatic heterocycles. The second kappa shape index (κ2) is 6.51. The van der Waals surface area contributed by atoms with Gasteiger partial charge >= 0.3 is 0 Å². The molecule has 0 radical (unpaired) electrons. The fourth-order valence-electron chi connectivity index (χ4n) is 5.33. The Kier molecular flexibility index (Phi) is 4.25. The number of aryl methyl sites for hydroxylation is 1. The van der Waals surface area contributed by atoms with Crippen LogP contribution < -0.4 is 21.4 Å². The maximum absolute atomic E-state index is 13.7. The summed E-state index contributed by atoms with van der Waals surface area (Å²) in [5.41, 5.74) is -1.42. The molecule has 0 atom stereocenters.